The van der Waals surface area contributed by atoms with E-state index in [4.69, 9.17) is 11.1 Å². The van der Waals surface area contributed by atoms with E-state index in [-0.39, 0.29) is 23.1 Å². The van der Waals surface area contributed by atoms with Crippen LogP contribution in [0, 0.1) is 11.2 Å². The van der Waals surface area contributed by atoms with Gasteiger partial charge in [-0.15, -0.1) is 5.10 Å². The lowest BCUT2D eigenvalue weighted by molar-refractivity contribution is 0.0853. The highest BCUT2D eigenvalue weighted by Crippen LogP contribution is 2.14. The number of para-hydroxylation sites is 1. The molecule has 3 rings (SSSR count). The van der Waals surface area contributed by atoms with Gasteiger partial charge >= 0.3 is 0 Å². The SMILES string of the molecule is N=C1/C(=N\Nc2ccccc2F)C(N)=NN1C(=O)c1ccccc1. The number of amides is 1. The van der Waals surface area contributed by atoms with Crippen molar-refractivity contribution in [2.75, 3.05) is 5.43 Å². The molecule has 0 unspecified atom stereocenters. The highest BCUT2D eigenvalue weighted by Gasteiger charge is 2.32. The van der Waals surface area contributed by atoms with E-state index >= 15 is 0 Å². The molecule has 24 heavy (non-hydrogen) atoms. The van der Waals surface area contributed by atoms with E-state index in [1.54, 1.807) is 42.5 Å². The maximum atomic E-state index is 13.6. The van der Waals surface area contributed by atoms with E-state index in [1.165, 1.54) is 12.1 Å². The quantitative estimate of drug-likeness (QED) is 0.752. The van der Waals surface area contributed by atoms with Crippen molar-refractivity contribution in [1.82, 2.24) is 5.01 Å². The van der Waals surface area contributed by atoms with Crippen LogP contribution in [-0.2, 0) is 0 Å². The largest absolute Gasteiger partial charge is 0.380 e. The molecular formula is C16H13FN6O. The van der Waals surface area contributed by atoms with Gasteiger partial charge in [0, 0.05) is 5.56 Å². The summed E-state index contributed by atoms with van der Waals surface area (Å²) in [5.74, 6) is -1.39. The lowest BCUT2D eigenvalue weighted by atomic mass is 10.2. The van der Waals surface area contributed by atoms with Crippen molar-refractivity contribution in [2.45, 2.75) is 0 Å². The minimum Gasteiger partial charge on any atom is -0.380 e. The molecule has 0 fully saturated rings. The molecule has 7 nitrogen and oxygen atoms in total. The van der Waals surface area contributed by atoms with Crippen LogP contribution in [0.5, 0.6) is 0 Å². The van der Waals surface area contributed by atoms with Gasteiger partial charge in [-0.2, -0.15) is 10.1 Å². The van der Waals surface area contributed by atoms with Gasteiger partial charge in [-0.1, -0.05) is 30.3 Å². The third-order valence-corrected chi connectivity index (χ3v) is 3.26. The Labute approximate surface area is 136 Å². The molecule has 0 aliphatic carbocycles. The second kappa shape index (κ2) is 6.29. The van der Waals surface area contributed by atoms with Crippen LogP contribution in [0.3, 0.4) is 0 Å². The molecule has 4 N–H and O–H groups in total. The fraction of sp³-hybridized carbons (Fsp3) is 0. The fourth-order valence-electron chi connectivity index (χ4n) is 2.05. The zero-order valence-corrected chi connectivity index (χ0v) is 12.4. The van der Waals surface area contributed by atoms with Crippen LogP contribution in [-0.4, -0.2) is 28.3 Å². The summed E-state index contributed by atoms with van der Waals surface area (Å²) in [6, 6.07) is 14.3. The summed E-state index contributed by atoms with van der Waals surface area (Å²) < 4.78 is 13.6. The zero-order chi connectivity index (χ0) is 17.1. The van der Waals surface area contributed by atoms with E-state index in [2.05, 4.69) is 15.6 Å². The lowest BCUT2D eigenvalue weighted by Gasteiger charge is -2.11. The van der Waals surface area contributed by atoms with Crippen molar-refractivity contribution >= 4 is 29.0 Å². The van der Waals surface area contributed by atoms with Crippen molar-refractivity contribution in [3.63, 3.8) is 0 Å². The maximum absolute atomic E-state index is 13.6. The van der Waals surface area contributed by atoms with Crippen molar-refractivity contribution in [1.29, 1.82) is 5.41 Å². The van der Waals surface area contributed by atoms with Crippen LogP contribution in [0.25, 0.3) is 0 Å². The number of benzene rings is 2. The average Bonchev–Trinajstić information content (AvgIpc) is 2.89. The molecule has 2 aromatic carbocycles. The van der Waals surface area contributed by atoms with E-state index in [1.807, 2.05) is 0 Å². The van der Waals surface area contributed by atoms with Gasteiger partial charge in [-0.3, -0.25) is 15.6 Å². The molecule has 0 radical (unpaired) electrons. The minimum atomic E-state index is -0.501. The Kier molecular flexibility index (Phi) is 4.02. The summed E-state index contributed by atoms with van der Waals surface area (Å²) in [5.41, 5.74) is 8.66. The molecule has 1 aliphatic rings. The number of anilines is 1. The first-order chi connectivity index (χ1) is 11.6. The zero-order valence-electron chi connectivity index (χ0n) is 12.4. The number of nitrogens with one attached hydrogen (secondary N) is 2. The Morgan fingerprint density at radius 1 is 1.17 bits per heavy atom. The van der Waals surface area contributed by atoms with Gasteiger partial charge in [0.2, 0.25) is 0 Å². The van der Waals surface area contributed by atoms with Crippen LogP contribution in [0.15, 0.2) is 64.8 Å². The molecule has 0 bridgehead atoms. The van der Waals surface area contributed by atoms with Crippen molar-refractivity contribution in [2.24, 2.45) is 15.9 Å². The third kappa shape index (κ3) is 2.84. The second-order valence-electron chi connectivity index (χ2n) is 4.87. The van der Waals surface area contributed by atoms with E-state index in [9.17, 15) is 9.18 Å². The number of carbonyl (C=O) groups is 1. The number of nitrogens with zero attached hydrogens (tertiary/aromatic N) is 3. The average molecular weight is 324 g/mol. The topological polar surface area (TPSA) is 107 Å². The molecule has 0 aromatic heterocycles. The lowest BCUT2D eigenvalue weighted by Crippen LogP contribution is -2.34. The number of amidine groups is 2. The van der Waals surface area contributed by atoms with Gasteiger partial charge in [0.25, 0.3) is 5.91 Å². The highest BCUT2D eigenvalue weighted by atomic mass is 19.1. The van der Waals surface area contributed by atoms with E-state index < -0.39 is 11.7 Å². The van der Waals surface area contributed by atoms with Crippen molar-refractivity contribution in [3.8, 4) is 0 Å². The van der Waals surface area contributed by atoms with Gasteiger partial charge in [0.05, 0.1) is 5.69 Å². The van der Waals surface area contributed by atoms with E-state index in [0.29, 0.717) is 5.56 Å². The number of hydrogen-bond acceptors (Lipinski definition) is 6. The Hall–Kier alpha value is -3.55. The van der Waals surface area contributed by atoms with Gasteiger partial charge in [0.15, 0.2) is 17.4 Å². The monoisotopic (exact) mass is 324 g/mol. The summed E-state index contributed by atoms with van der Waals surface area (Å²) in [5, 5.41) is 16.6. The Bertz CT molecular complexity index is 862. The molecule has 0 saturated heterocycles. The molecule has 1 aliphatic heterocycles. The standard InChI is InChI=1S/C16H13FN6O/c17-11-8-4-5-9-12(11)20-21-13-14(18)22-23(15(13)19)16(24)10-6-2-1-3-7-10/h1-9,19-20H,(H2,18,22)/b19-15?,21-13-. The summed E-state index contributed by atoms with van der Waals surface area (Å²) >= 11 is 0. The predicted molar refractivity (Wildman–Crippen MR) is 89.4 cm³/mol. The molecule has 2 aromatic rings. The number of rotatable bonds is 3. The number of hydrogen-bond donors (Lipinski definition) is 3. The summed E-state index contributed by atoms with van der Waals surface area (Å²) in [6.45, 7) is 0. The van der Waals surface area contributed by atoms with Gasteiger partial charge < -0.3 is 5.73 Å². The normalized spacial score (nSPS) is 15.5. The third-order valence-electron chi connectivity index (χ3n) is 3.26. The van der Waals surface area contributed by atoms with Crippen molar-refractivity contribution in [3.05, 3.63) is 66.0 Å². The number of nitrogens with two attached hydrogens (primary N) is 1. The van der Waals surface area contributed by atoms with Gasteiger partial charge in [-0.25, -0.2) is 4.39 Å². The van der Waals surface area contributed by atoms with Crippen LogP contribution < -0.4 is 11.2 Å². The second-order valence-corrected chi connectivity index (χ2v) is 4.87. The summed E-state index contributed by atoms with van der Waals surface area (Å²) in [4.78, 5) is 12.4. The molecule has 1 amide bonds. The van der Waals surface area contributed by atoms with E-state index in [0.717, 1.165) is 5.01 Å². The van der Waals surface area contributed by atoms with Crippen LogP contribution in [0.4, 0.5) is 10.1 Å². The van der Waals surface area contributed by atoms with Crippen LogP contribution >= 0.6 is 0 Å². The molecule has 8 heteroatoms. The Morgan fingerprint density at radius 2 is 1.83 bits per heavy atom. The first-order valence-electron chi connectivity index (χ1n) is 6.99. The van der Waals surface area contributed by atoms with Crippen LogP contribution in [0.1, 0.15) is 10.4 Å². The number of carbonyl (C=O) groups excluding carboxylic acids is 1. The van der Waals surface area contributed by atoms with Gasteiger partial charge in [-0.05, 0) is 24.3 Å². The first kappa shape index (κ1) is 15.3. The summed E-state index contributed by atoms with van der Waals surface area (Å²) in [7, 11) is 0. The molecule has 1 heterocycles. The van der Waals surface area contributed by atoms with Crippen LogP contribution in [0.2, 0.25) is 0 Å². The van der Waals surface area contributed by atoms with Gasteiger partial charge in [0.1, 0.15) is 5.82 Å². The highest BCUT2D eigenvalue weighted by molar-refractivity contribution is 6.69. The molecule has 0 saturated carbocycles. The number of hydrazone groups is 2. The van der Waals surface area contributed by atoms with Crippen molar-refractivity contribution < 1.29 is 9.18 Å². The predicted octanol–water partition coefficient (Wildman–Crippen LogP) is 2.00. The Morgan fingerprint density at radius 3 is 2.54 bits per heavy atom. The minimum absolute atomic E-state index is 0.0393. The molecule has 0 atom stereocenters. The Balaban J connectivity index is 1.82. The fourth-order valence-corrected chi connectivity index (χ4v) is 2.05. The molecular weight excluding hydrogens is 311 g/mol. The number of halogens is 1. The smallest absolute Gasteiger partial charge is 0.280 e. The molecule has 0 spiro atoms. The molecule has 120 valence electrons. The maximum Gasteiger partial charge on any atom is 0.280 e. The first-order valence-corrected chi connectivity index (χ1v) is 6.99. The summed E-state index contributed by atoms with van der Waals surface area (Å²) in [6.07, 6.45) is 0.